The van der Waals surface area contributed by atoms with Crippen molar-refractivity contribution in [1.29, 1.82) is 0 Å². The molecule has 0 rings (SSSR count). The molecular weight excluding hydrogens is 216 g/mol. The molecule has 0 fully saturated rings. The van der Waals surface area contributed by atoms with Crippen molar-refractivity contribution in [2.24, 2.45) is 11.8 Å². The average molecular weight is 246 g/mol. The van der Waals surface area contributed by atoms with Crippen LogP contribution in [0.5, 0.6) is 0 Å². The lowest BCUT2D eigenvalue weighted by Crippen LogP contribution is -2.43. The van der Waals surface area contributed by atoms with E-state index < -0.39 is 8.56 Å². The highest BCUT2D eigenvalue weighted by molar-refractivity contribution is 6.67. The molecule has 0 aromatic carbocycles. The van der Waals surface area contributed by atoms with Gasteiger partial charge in [0.15, 0.2) is 0 Å². The fourth-order valence-electron chi connectivity index (χ4n) is 2.07. The van der Waals surface area contributed by atoms with Crippen LogP contribution in [0.2, 0.25) is 12.1 Å². The summed E-state index contributed by atoms with van der Waals surface area (Å²) in [4.78, 5) is 0. The maximum Gasteiger partial charge on any atom is 0.338 e. The summed E-state index contributed by atoms with van der Waals surface area (Å²) < 4.78 is 12.0. The average Bonchev–Trinajstić information content (AvgIpc) is 2.16. The Labute approximate surface area is 103 Å². The van der Waals surface area contributed by atoms with E-state index in [1.54, 1.807) is 0 Å². The summed E-state index contributed by atoms with van der Waals surface area (Å²) in [5.74, 6) is 1.32. The second kappa shape index (κ2) is 8.26. The molecule has 0 N–H and O–H groups in total. The highest BCUT2D eigenvalue weighted by Crippen LogP contribution is 2.27. The Hall–Kier alpha value is 0.137. The lowest BCUT2D eigenvalue weighted by atomic mass is 10.3. The standard InChI is InChI=1S/C13H30O2Si/c1-7-8-9-15-16(14-6,10-12(2)3)11-13(4)5/h12-13H,7-11H2,1-6H3. The van der Waals surface area contributed by atoms with Crippen LogP contribution < -0.4 is 0 Å². The molecule has 0 heterocycles. The third kappa shape index (κ3) is 6.66. The molecule has 0 aromatic rings. The summed E-state index contributed by atoms with van der Waals surface area (Å²) in [7, 11) is -0.0966. The van der Waals surface area contributed by atoms with Crippen molar-refractivity contribution in [3.8, 4) is 0 Å². The maximum atomic E-state index is 6.16. The van der Waals surface area contributed by atoms with Crippen LogP contribution in [0.1, 0.15) is 47.5 Å². The fourth-order valence-corrected chi connectivity index (χ4v) is 5.93. The molecule has 0 bridgehead atoms. The van der Waals surface area contributed by atoms with Crippen LogP contribution in [-0.2, 0) is 8.85 Å². The number of rotatable bonds is 9. The molecule has 3 heteroatoms. The predicted octanol–water partition coefficient (Wildman–Crippen LogP) is 4.20. The van der Waals surface area contributed by atoms with Crippen molar-refractivity contribution in [2.45, 2.75) is 59.5 Å². The SMILES string of the molecule is CCCCO[Si](CC(C)C)(CC(C)C)OC. The van der Waals surface area contributed by atoms with Gasteiger partial charge in [-0.3, -0.25) is 0 Å². The Morgan fingerprint density at radius 3 is 1.81 bits per heavy atom. The number of hydrogen-bond donors (Lipinski definition) is 0. The van der Waals surface area contributed by atoms with E-state index in [4.69, 9.17) is 8.85 Å². The van der Waals surface area contributed by atoms with Gasteiger partial charge in [0, 0.05) is 13.7 Å². The van der Waals surface area contributed by atoms with Gasteiger partial charge in [-0.25, -0.2) is 0 Å². The minimum Gasteiger partial charge on any atom is -0.398 e. The van der Waals surface area contributed by atoms with Gasteiger partial charge in [-0.1, -0.05) is 41.0 Å². The third-order valence-corrected chi connectivity index (χ3v) is 7.02. The van der Waals surface area contributed by atoms with Gasteiger partial charge in [-0.2, -0.15) is 0 Å². The molecule has 0 saturated carbocycles. The van der Waals surface area contributed by atoms with Crippen LogP contribution in [-0.4, -0.2) is 22.3 Å². The topological polar surface area (TPSA) is 18.5 Å². The van der Waals surface area contributed by atoms with Crippen molar-refractivity contribution < 1.29 is 8.85 Å². The first-order valence-corrected chi connectivity index (χ1v) is 8.88. The maximum absolute atomic E-state index is 6.16. The van der Waals surface area contributed by atoms with Gasteiger partial charge in [0.1, 0.15) is 0 Å². The smallest absolute Gasteiger partial charge is 0.338 e. The van der Waals surface area contributed by atoms with Gasteiger partial charge in [-0.05, 0) is 30.3 Å². The van der Waals surface area contributed by atoms with Crippen molar-refractivity contribution in [3.63, 3.8) is 0 Å². The molecule has 0 radical (unpaired) electrons. The van der Waals surface area contributed by atoms with E-state index >= 15 is 0 Å². The van der Waals surface area contributed by atoms with Crippen LogP contribution in [0.25, 0.3) is 0 Å². The van der Waals surface area contributed by atoms with E-state index in [0.29, 0.717) is 11.8 Å². The highest BCUT2D eigenvalue weighted by Gasteiger charge is 2.37. The largest absolute Gasteiger partial charge is 0.398 e. The van der Waals surface area contributed by atoms with E-state index in [1.807, 2.05) is 7.11 Å². The fraction of sp³-hybridized carbons (Fsp3) is 1.00. The van der Waals surface area contributed by atoms with E-state index in [9.17, 15) is 0 Å². The molecule has 0 atom stereocenters. The van der Waals surface area contributed by atoms with Crippen LogP contribution in [0.4, 0.5) is 0 Å². The molecule has 98 valence electrons. The monoisotopic (exact) mass is 246 g/mol. The predicted molar refractivity (Wildman–Crippen MR) is 72.9 cm³/mol. The Bertz CT molecular complexity index is 159. The molecule has 0 aliphatic rings. The first-order chi connectivity index (χ1) is 7.45. The highest BCUT2D eigenvalue weighted by atomic mass is 28.4. The summed E-state index contributed by atoms with van der Waals surface area (Å²) in [5.41, 5.74) is 0. The summed E-state index contributed by atoms with van der Waals surface area (Å²) in [6, 6.07) is 2.23. The Kier molecular flexibility index (Phi) is 8.33. The second-order valence-electron chi connectivity index (χ2n) is 5.51. The normalized spacial score (nSPS) is 12.8. The van der Waals surface area contributed by atoms with E-state index in [2.05, 4.69) is 34.6 Å². The Morgan fingerprint density at radius 2 is 1.50 bits per heavy atom. The molecule has 0 aromatic heterocycles. The number of unbranched alkanes of at least 4 members (excludes halogenated alkanes) is 1. The molecule has 0 spiro atoms. The van der Waals surface area contributed by atoms with Gasteiger partial charge < -0.3 is 8.85 Å². The lowest BCUT2D eigenvalue weighted by molar-refractivity contribution is 0.186. The third-order valence-electron chi connectivity index (χ3n) is 2.67. The molecule has 0 aliphatic heterocycles. The summed E-state index contributed by atoms with van der Waals surface area (Å²) in [6.07, 6.45) is 2.34. The van der Waals surface area contributed by atoms with Crippen molar-refractivity contribution >= 4 is 8.56 Å². The quantitative estimate of drug-likeness (QED) is 0.448. The summed E-state index contributed by atoms with van der Waals surface area (Å²) >= 11 is 0. The Morgan fingerprint density at radius 1 is 1.00 bits per heavy atom. The van der Waals surface area contributed by atoms with Crippen LogP contribution in [0, 0.1) is 11.8 Å². The first kappa shape index (κ1) is 16.1. The molecular formula is C13H30O2Si. The zero-order valence-electron chi connectivity index (χ0n) is 12.0. The van der Waals surface area contributed by atoms with Gasteiger partial charge in [0.05, 0.1) is 0 Å². The van der Waals surface area contributed by atoms with Gasteiger partial charge >= 0.3 is 8.56 Å². The molecule has 0 aliphatic carbocycles. The molecule has 0 amide bonds. The van der Waals surface area contributed by atoms with Crippen LogP contribution in [0.15, 0.2) is 0 Å². The van der Waals surface area contributed by atoms with Crippen molar-refractivity contribution in [1.82, 2.24) is 0 Å². The van der Waals surface area contributed by atoms with E-state index in [1.165, 1.54) is 6.42 Å². The zero-order chi connectivity index (χ0) is 12.6. The molecule has 16 heavy (non-hydrogen) atoms. The van der Waals surface area contributed by atoms with Crippen LogP contribution >= 0.6 is 0 Å². The molecule has 2 nitrogen and oxygen atoms in total. The van der Waals surface area contributed by atoms with Crippen molar-refractivity contribution in [3.05, 3.63) is 0 Å². The van der Waals surface area contributed by atoms with Gasteiger partial charge in [0.2, 0.25) is 0 Å². The number of hydrogen-bond acceptors (Lipinski definition) is 2. The minimum absolute atomic E-state index is 0.659. The van der Waals surface area contributed by atoms with Gasteiger partial charge in [-0.15, -0.1) is 0 Å². The summed E-state index contributed by atoms with van der Waals surface area (Å²) in [6.45, 7) is 12.1. The minimum atomic E-state index is -1.93. The molecule has 0 saturated heterocycles. The lowest BCUT2D eigenvalue weighted by Gasteiger charge is -2.32. The van der Waals surface area contributed by atoms with Gasteiger partial charge in [0.25, 0.3) is 0 Å². The van der Waals surface area contributed by atoms with Crippen molar-refractivity contribution in [2.75, 3.05) is 13.7 Å². The van der Waals surface area contributed by atoms with E-state index in [-0.39, 0.29) is 0 Å². The Balaban J connectivity index is 4.40. The van der Waals surface area contributed by atoms with E-state index in [0.717, 1.165) is 25.1 Å². The second-order valence-corrected chi connectivity index (χ2v) is 8.85. The zero-order valence-corrected chi connectivity index (χ0v) is 13.0. The summed E-state index contributed by atoms with van der Waals surface area (Å²) in [5, 5.41) is 0. The molecule has 0 unspecified atom stereocenters. The first-order valence-electron chi connectivity index (χ1n) is 6.65. The van der Waals surface area contributed by atoms with Crippen LogP contribution in [0.3, 0.4) is 0 Å².